The number of hydrogen-bond acceptors (Lipinski definition) is 2. The highest BCUT2D eigenvalue weighted by Gasteiger charge is 2.17. The lowest BCUT2D eigenvalue weighted by Gasteiger charge is -2.26. The molecular formula is C19H23NO. The van der Waals surface area contributed by atoms with Gasteiger partial charge in [0.25, 0.3) is 0 Å². The molecule has 2 aromatic carbocycles. The van der Waals surface area contributed by atoms with Crippen molar-refractivity contribution in [2.75, 3.05) is 18.5 Å². The molecule has 0 saturated carbocycles. The van der Waals surface area contributed by atoms with Crippen molar-refractivity contribution >= 4 is 5.69 Å². The summed E-state index contributed by atoms with van der Waals surface area (Å²) in [7, 11) is 0. The Labute approximate surface area is 127 Å². The van der Waals surface area contributed by atoms with Gasteiger partial charge < -0.3 is 10.1 Å². The van der Waals surface area contributed by atoms with E-state index in [1.165, 1.54) is 23.2 Å². The Morgan fingerprint density at radius 2 is 1.76 bits per heavy atom. The zero-order valence-corrected chi connectivity index (χ0v) is 12.4. The van der Waals surface area contributed by atoms with Crippen LogP contribution in [0.4, 0.5) is 5.69 Å². The smallest absolute Gasteiger partial charge is 0.0788 e. The molecule has 0 aliphatic carbocycles. The lowest BCUT2D eigenvalue weighted by molar-refractivity contribution is 0.0579. The summed E-state index contributed by atoms with van der Waals surface area (Å²) in [5, 5.41) is 3.45. The van der Waals surface area contributed by atoms with Crippen LogP contribution < -0.4 is 5.32 Å². The van der Waals surface area contributed by atoms with E-state index in [0.29, 0.717) is 6.10 Å². The molecule has 0 spiro atoms. The summed E-state index contributed by atoms with van der Waals surface area (Å²) >= 11 is 0. The van der Waals surface area contributed by atoms with E-state index in [0.717, 1.165) is 32.4 Å². The largest absolute Gasteiger partial charge is 0.382 e. The van der Waals surface area contributed by atoms with Crippen LogP contribution in [0.1, 0.15) is 24.0 Å². The molecule has 3 rings (SSSR count). The van der Waals surface area contributed by atoms with Gasteiger partial charge in [0.05, 0.1) is 6.10 Å². The third-order valence-electron chi connectivity index (χ3n) is 4.04. The lowest BCUT2D eigenvalue weighted by Crippen LogP contribution is -2.30. The second kappa shape index (κ2) is 7.28. The molecule has 21 heavy (non-hydrogen) atoms. The molecule has 0 fully saturated rings. The van der Waals surface area contributed by atoms with Gasteiger partial charge in [0, 0.05) is 25.3 Å². The zero-order valence-electron chi connectivity index (χ0n) is 12.4. The Balaban J connectivity index is 1.35. The lowest BCUT2D eigenvalue weighted by atomic mass is 10.0. The van der Waals surface area contributed by atoms with E-state index < -0.39 is 0 Å². The number of unbranched alkanes of at least 4 members (excludes halogenated alkanes) is 1. The Morgan fingerprint density at radius 3 is 2.67 bits per heavy atom. The van der Waals surface area contributed by atoms with Crippen LogP contribution in [0.15, 0.2) is 54.6 Å². The summed E-state index contributed by atoms with van der Waals surface area (Å²) in [4.78, 5) is 0. The Bertz CT molecular complexity index is 553. The number of fused-ring (bicyclic) bond motifs is 1. The van der Waals surface area contributed by atoms with E-state index in [1.54, 1.807) is 0 Å². The van der Waals surface area contributed by atoms with Crippen LogP contribution in [-0.2, 0) is 17.6 Å². The van der Waals surface area contributed by atoms with Crippen molar-refractivity contribution < 1.29 is 4.74 Å². The fourth-order valence-electron chi connectivity index (χ4n) is 2.86. The number of rotatable bonds is 6. The van der Waals surface area contributed by atoms with Crippen molar-refractivity contribution in [3.63, 3.8) is 0 Å². The van der Waals surface area contributed by atoms with E-state index >= 15 is 0 Å². The first-order chi connectivity index (χ1) is 10.4. The van der Waals surface area contributed by atoms with Crippen molar-refractivity contribution in [1.82, 2.24) is 0 Å². The molecule has 0 bridgehead atoms. The topological polar surface area (TPSA) is 21.3 Å². The van der Waals surface area contributed by atoms with Gasteiger partial charge in [-0.05, 0) is 36.5 Å². The third kappa shape index (κ3) is 4.08. The number of ether oxygens (including phenoxy) is 1. The minimum atomic E-state index is 0.316. The van der Waals surface area contributed by atoms with Gasteiger partial charge in [0.15, 0.2) is 0 Å². The number of nitrogens with one attached hydrogen (secondary N) is 1. The maximum atomic E-state index is 6.02. The minimum absolute atomic E-state index is 0.316. The number of benzene rings is 2. The van der Waals surface area contributed by atoms with Crippen LogP contribution in [0.5, 0.6) is 0 Å². The summed E-state index contributed by atoms with van der Waals surface area (Å²) in [5.41, 5.74) is 4.06. The number of anilines is 1. The maximum Gasteiger partial charge on any atom is 0.0788 e. The fraction of sp³-hybridized carbons (Fsp3) is 0.368. The molecule has 2 aromatic rings. The van der Waals surface area contributed by atoms with E-state index in [9.17, 15) is 0 Å². The molecule has 2 nitrogen and oxygen atoms in total. The van der Waals surface area contributed by atoms with Crippen molar-refractivity contribution in [3.05, 3.63) is 65.7 Å². The monoisotopic (exact) mass is 281 g/mol. The molecule has 110 valence electrons. The van der Waals surface area contributed by atoms with E-state index in [1.807, 2.05) is 0 Å². The first-order valence-corrected chi connectivity index (χ1v) is 7.89. The van der Waals surface area contributed by atoms with Crippen molar-refractivity contribution in [1.29, 1.82) is 0 Å². The van der Waals surface area contributed by atoms with Crippen molar-refractivity contribution in [3.8, 4) is 0 Å². The van der Waals surface area contributed by atoms with Crippen molar-refractivity contribution in [2.45, 2.75) is 31.8 Å². The second-order valence-corrected chi connectivity index (χ2v) is 5.68. The standard InChI is InChI=1S/C19H23NO/c1-2-8-16(9-3-1)10-6-7-13-21-18-14-17-11-4-5-12-19(17)20-15-18/h1-5,8-9,11-12,18,20H,6-7,10,13-15H2. The molecule has 1 aliphatic rings. The van der Waals surface area contributed by atoms with E-state index in [-0.39, 0.29) is 0 Å². The van der Waals surface area contributed by atoms with Gasteiger partial charge in [-0.1, -0.05) is 48.5 Å². The Morgan fingerprint density at radius 1 is 0.952 bits per heavy atom. The Hall–Kier alpha value is -1.80. The average Bonchev–Trinajstić information content (AvgIpc) is 2.55. The van der Waals surface area contributed by atoms with Gasteiger partial charge in [0.1, 0.15) is 0 Å². The summed E-state index contributed by atoms with van der Waals surface area (Å²) in [6.45, 7) is 1.79. The van der Waals surface area contributed by atoms with Gasteiger partial charge >= 0.3 is 0 Å². The predicted molar refractivity (Wildman–Crippen MR) is 87.8 cm³/mol. The predicted octanol–water partition coefficient (Wildman–Crippen LogP) is 4.06. The molecular weight excluding hydrogens is 258 g/mol. The van der Waals surface area contributed by atoms with Crippen LogP contribution in [0.25, 0.3) is 0 Å². The summed E-state index contributed by atoms with van der Waals surface area (Å²) in [6, 6.07) is 19.2. The maximum absolute atomic E-state index is 6.02. The normalized spacial score (nSPS) is 17.0. The molecule has 2 heteroatoms. The fourth-order valence-corrected chi connectivity index (χ4v) is 2.86. The van der Waals surface area contributed by atoms with Gasteiger partial charge in [0.2, 0.25) is 0 Å². The summed E-state index contributed by atoms with van der Waals surface area (Å²) < 4.78 is 6.02. The molecule has 1 atom stereocenters. The minimum Gasteiger partial charge on any atom is -0.382 e. The van der Waals surface area contributed by atoms with E-state index in [4.69, 9.17) is 4.74 Å². The molecule has 0 amide bonds. The molecule has 1 N–H and O–H groups in total. The quantitative estimate of drug-likeness (QED) is 0.806. The molecule has 1 heterocycles. The van der Waals surface area contributed by atoms with Crippen LogP contribution in [0.3, 0.4) is 0 Å². The second-order valence-electron chi connectivity index (χ2n) is 5.68. The first kappa shape index (κ1) is 14.2. The molecule has 1 aliphatic heterocycles. The Kier molecular flexibility index (Phi) is 4.90. The van der Waals surface area contributed by atoms with Gasteiger partial charge in [-0.3, -0.25) is 0 Å². The highest BCUT2D eigenvalue weighted by molar-refractivity contribution is 5.53. The summed E-state index contributed by atoms with van der Waals surface area (Å²) in [6.07, 6.45) is 4.82. The third-order valence-corrected chi connectivity index (χ3v) is 4.04. The number of hydrogen-bond donors (Lipinski definition) is 1. The van der Waals surface area contributed by atoms with Crippen LogP contribution in [0.2, 0.25) is 0 Å². The van der Waals surface area contributed by atoms with Crippen molar-refractivity contribution in [2.24, 2.45) is 0 Å². The van der Waals surface area contributed by atoms with Crippen LogP contribution >= 0.6 is 0 Å². The van der Waals surface area contributed by atoms with Crippen LogP contribution in [-0.4, -0.2) is 19.3 Å². The highest BCUT2D eigenvalue weighted by Crippen LogP contribution is 2.22. The van der Waals surface area contributed by atoms with Gasteiger partial charge in [-0.15, -0.1) is 0 Å². The van der Waals surface area contributed by atoms with Crippen LogP contribution in [0, 0.1) is 0 Å². The number of aryl methyl sites for hydroxylation is 1. The molecule has 0 aromatic heterocycles. The summed E-state index contributed by atoms with van der Waals surface area (Å²) in [5.74, 6) is 0. The van der Waals surface area contributed by atoms with E-state index in [2.05, 4.69) is 59.9 Å². The molecule has 0 radical (unpaired) electrons. The molecule has 1 unspecified atom stereocenters. The highest BCUT2D eigenvalue weighted by atomic mass is 16.5. The number of para-hydroxylation sites is 1. The van der Waals surface area contributed by atoms with Gasteiger partial charge in [-0.2, -0.15) is 0 Å². The zero-order chi connectivity index (χ0) is 14.3. The molecule has 0 saturated heterocycles. The first-order valence-electron chi connectivity index (χ1n) is 7.89. The average molecular weight is 281 g/mol. The van der Waals surface area contributed by atoms with Gasteiger partial charge in [-0.25, -0.2) is 0 Å². The SMILES string of the molecule is c1ccc(CCCCOC2CNc3ccccc3C2)cc1.